The Morgan fingerprint density at radius 1 is 1.07 bits per heavy atom. The van der Waals surface area contributed by atoms with Crippen LogP contribution < -0.4 is 4.74 Å². The number of likely N-dealkylation sites (tertiary alicyclic amines) is 1. The molecule has 0 unspecified atom stereocenters. The second-order valence-corrected chi connectivity index (χ2v) is 7.43. The average Bonchev–Trinajstić information content (AvgIpc) is 2.99. The number of ketones is 1. The van der Waals surface area contributed by atoms with Crippen LogP contribution in [0.15, 0.2) is 48.0 Å². The molecule has 1 saturated heterocycles. The Kier molecular flexibility index (Phi) is 6.57. The van der Waals surface area contributed by atoms with E-state index in [1.54, 1.807) is 32.4 Å². The molecule has 0 bridgehead atoms. The summed E-state index contributed by atoms with van der Waals surface area (Å²) >= 11 is 0. The molecule has 1 atom stereocenters. The monoisotopic (exact) mass is 409 g/mol. The number of nitrogens with zero attached hydrogens (tertiary/aromatic N) is 1. The summed E-state index contributed by atoms with van der Waals surface area (Å²) in [5, 5.41) is 11.1. The molecule has 30 heavy (non-hydrogen) atoms. The molecule has 0 radical (unpaired) electrons. The van der Waals surface area contributed by atoms with Crippen molar-refractivity contribution in [2.75, 3.05) is 27.4 Å². The standard InChI is InChI=1S/C24H27NO5/c1-15-6-8-17(9-7-15)21-20(23(27)24(28)25(21)12-5-13-29-3)22(26)19-11-10-18(30-4)14-16(19)2/h6-11,14,21,26H,5,12-13H2,1-4H3/t21-/m1/s1. The number of aliphatic hydroxyl groups is 1. The van der Waals surface area contributed by atoms with E-state index in [1.165, 1.54) is 4.90 Å². The number of carbonyl (C=O) groups excluding carboxylic acids is 2. The van der Waals surface area contributed by atoms with Crippen LogP contribution in [0.3, 0.4) is 0 Å². The summed E-state index contributed by atoms with van der Waals surface area (Å²) in [6, 6.07) is 12.2. The van der Waals surface area contributed by atoms with Crippen molar-refractivity contribution in [2.45, 2.75) is 26.3 Å². The third kappa shape index (κ3) is 4.09. The van der Waals surface area contributed by atoms with E-state index in [9.17, 15) is 14.7 Å². The Balaban J connectivity index is 2.13. The van der Waals surface area contributed by atoms with Gasteiger partial charge in [0.2, 0.25) is 0 Å². The number of aliphatic hydroxyl groups excluding tert-OH is 1. The van der Waals surface area contributed by atoms with Crippen LogP contribution in [-0.4, -0.2) is 49.1 Å². The molecule has 2 aromatic carbocycles. The fraction of sp³-hybridized carbons (Fsp3) is 0.333. The van der Waals surface area contributed by atoms with E-state index in [0.717, 1.165) is 16.7 Å². The molecular weight excluding hydrogens is 382 g/mol. The largest absolute Gasteiger partial charge is 0.507 e. The zero-order valence-corrected chi connectivity index (χ0v) is 17.8. The minimum Gasteiger partial charge on any atom is -0.507 e. The zero-order chi connectivity index (χ0) is 21.8. The molecule has 3 rings (SSSR count). The van der Waals surface area contributed by atoms with Crippen LogP contribution in [0.1, 0.15) is 34.7 Å². The summed E-state index contributed by atoms with van der Waals surface area (Å²) in [7, 11) is 3.16. The Morgan fingerprint density at radius 3 is 2.37 bits per heavy atom. The topological polar surface area (TPSA) is 76.1 Å². The Morgan fingerprint density at radius 2 is 1.77 bits per heavy atom. The number of rotatable bonds is 7. The van der Waals surface area contributed by atoms with E-state index in [4.69, 9.17) is 9.47 Å². The molecule has 1 heterocycles. The molecule has 1 N–H and O–H groups in total. The molecule has 1 aliphatic heterocycles. The summed E-state index contributed by atoms with van der Waals surface area (Å²) in [6.07, 6.45) is 0.591. The zero-order valence-electron chi connectivity index (χ0n) is 17.8. The highest BCUT2D eigenvalue weighted by molar-refractivity contribution is 6.46. The van der Waals surface area contributed by atoms with E-state index in [1.807, 2.05) is 38.1 Å². The Bertz CT molecular complexity index is 978. The minimum absolute atomic E-state index is 0.106. The van der Waals surface area contributed by atoms with Gasteiger partial charge >= 0.3 is 0 Å². The number of ether oxygens (including phenoxy) is 2. The first-order valence-electron chi connectivity index (χ1n) is 9.88. The number of amides is 1. The maximum atomic E-state index is 13.0. The van der Waals surface area contributed by atoms with Crippen molar-refractivity contribution in [1.29, 1.82) is 0 Å². The van der Waals surface area contributed by atoms with Gasteiger partial charge in [-0.1, -0.05) is 29.8 Å². The Hall–Kier alpha value is -3.12. The van der Waals surface area contributed by atoms with Crippen LogP contribution in [0.2, 0.25) is 0 Å². The second-order valence-electron chi connectivity index (χ2n) is 7.43. The molecule has 0 aromatic heterocycles. The van der Waals surface area contributed by atoms with Crippen LogP contribution in [0, 0.1) is 13.8 Å². The second kappa shape index (κ2) is 9.13. The van der Waals surface area contributed by atoms with Gasteiger partial charge in [-0.15, -0.1) is 0 Å². The molecule has 158 valence electrons. The SMILES string of the molecule is COCCCN1C(=O)C(=O)C(=C(O)c2ccc(OC)cc2C)[C@H]1c1ccc(C)cc1. The van der Waals surface area contributed by atoms with E-state index in [-0.39, 0.29) is 11.3 Å². The van der Waals surface area contributed by atoms with Gasteiger partial charge in [-0.25, -0.2) is 0 Å². The quantitative estimate of drug-likeness (QED) is 0.326. The maximum absolute atomic E-state index is 13.0. The highest BCUT2D eigenvalue weighted by Gasteiger charge is 2.45. The highest BCUT2D eigenvalue weighted by Crippen LogP contribution is 2.40. The summed E-state index contributed by atoms with van der Waals surface area (Å²) in [6.45, 7) is 4.63. The molecule has 1 aliphatic rings. The van der Waals surface area contributed by atoms with Crippen LogP contribution >= 0.6 is 0 Å². The van der Waals surface area contributed by atoms with Gasteiger partial charge in [-0.3, -0.25) is 9.59 Å². The first kappa shape index (κ1) is 21.6. The summed E-state index contributed by atoms with van der Waals surface area (Å²) < 4.78 is 10.3. The van der Waals surface area contributed by atoms with Crippen LogP contribution in [0.4, 0.5) is 0 Å². The maximum Gasteiger partial charge on any atom is 0.295 e. The summed E-state index contributed by atoms with van der Waals surface area (Å²) in [5.41, 5.74) is 3.21. The van der Waals surface area contributed by atoms with Gasteiger partial charge < -0.3 is 19.5 Å². The van der Waals surface area contributed by atoms with Crippen LogP contribution in [0.25, 0.3) is 5.76 Å². The van der Waals surface area contributed by atoms with E-state index >= 15 is 0 Å². The van der Waals surface area contributed by atoms with Crippen molar-refractivity contribution < 1.29 is 24.2 Å². The van der Waals surface area contributed by atoms with Crippen LogP contribution in [-0.2, 0) is 14.3 Å². The number of hydrogen-bond donors (Lipinski definition) is 1. The van der Waals surface area contributed by atoms with Crippen molar-refractivity contribution in [3.05, 3.63) is 70.3 Å². The lowest BCUT2D eigenvalue weighted by Crippen LogP contribution is -2.31. The molecule has 0 saturated carbocycles. The van der Waals surface area contributed by atoms with Crippen molar-refractivity contribution in [2.24, 2.45) is 0 Å². The summed E-state index contributed by atoms with van der Waals surface area (Å²) in [5.74, 6) is -0.803. The number of benzene rings is 2. The first-order chi connectivity index (χ1) is 14.4. The molecule has 6 heteroatoms. The van der Waals surface area contributed by atoms with E-state index in [2.05, 4.69) is 0 Å². The first-order valence-corrected chi connectivity index (χ1v) is 9.88. The lowest BCUT2D eigenvalue weighted by molar-refractivity contribution is -0.140. The van der Waals surface area contributed by atoms with E-state index < -0.39 is 17.7 Å². The van der Waals surface area contributed by atoms with Gasteiger partial charge in [0.05, 0.1) is 18.7 Å². The van der Waals surface area contributed by atoms with Gasteiger partial charge in [-0.05, 0) is 49.6 Å². The number of Topliss-reactive ketones (excluding diaryl/α,β-unsaturated/α-hetero) is 1. The van der Waals surface area contributed by atoms with Gasteiger partial charge in [0.25, 0.3) is 11.7 Å². The van der Waals surface area contributed by atoms with Gasteiger partial charge in [-0.2, -0.15) is 0 Å². The normalized spacial score (nSPS) is 18.1. The third-order valence-electron chi connectivity index (χ3n) is 5.37. The van der Waals surface area contributed by atoms with Crippen molar-refractivity contribution in [1.82, 2.24) is 4.90 Å². The lowest BCUT2D eigenvalue weighted by atomic mass is 9.93. The van der Waals surface area contributed by atoms with E-state index in [0.29, 0.717) is 30.9 Å². The molecule has 1 amide bonds. The van der Waals surface area contributed by atoms with Crippen molar-refractivity contribution in [3.8, 4) is 5.75 Å². The highest BCUT2D eigenvalue weighted by atomic mass is 16.5. The van der Waals surface area contributed by atoms with Crippen molar-refractivity contribution >= 4 is 17.4 Å². The van der Waals surface area contributed by atoms with Gasteiger partial charge in [0.15, 0.2) is 0 Å². The average molecular weight is 409 g/mol. The predicted molar refractivity (Wildman–Crippen MR) is 114 cm³/mol. The number of carbonyl (C=O) groups is 2. The van der Waals surface area contributed by atoms with Gasteiger partial charge in [0, 0.05) is 25.8 Å². The third-order valence-corrected chi connectivity index (χ3v) is 5.37. The molecule has 1 fully saturated rings. The van der Waals surface area contributed by atoms with Crippen molar-refractivity contribution in [3.63, 3.8) is 0 Å². The lowest BCUT2D eigenvalue weighted by Gasteiger charge is -2.25. The fourth-order valence-corrected chi connectivity index (χ4v) is 3.76. The van der Waals surface area contributed by atoms with Gasteiger partial charge in [0.1, 0.15) is 11.5 Å². The summed E-state index contributed by atoms with van der Waals surface area (Å²) in [4.78, 5) is 27.4. The number of methoxy groups -OCH3 is 2. The number of aryl methyl sites for hydroxylation is 2. The predicted octanol–water partition coefficient (Wildman–Crippen LogP) is 3.77. The number of hydrogen-bond acceptors (Lipinski definition) is 5. The minimum atomic E-state index is -0.675. The fourth-order valence-electron chi connectivity index (χ4n) is 3.76. The molecule has 0 aliphatic carbocycles. The molecule has 2 aromatic rings. The molecule has 0 spiro atoms. The smallest absolute Gasteiger partial charge is 0.295 e. The molecular formula is C24H27NO5. The van der Waals surface area contributed by atoms with Crippen LogP contribution in [0.5, 0.6) is 5.75 Å². The Labute approximate surface area is 176 Å². The molecule has 6 nitrogen and oxygen atoms in total.